The van der Waals surface area contributed by atoms with Crippen molar-refractivity contribution in [3.63, 3.8) is 0 Å². The average molecular weight is 486 g/mol. The van der Waals surface area contributed by atoms with Crippen LogP contribution in [-0.2, 0) is 16.0 Å². The molecule has 0 bridgehead atoms. The number of pyridine rings is 1. The third kappa shape index (κ3) is 3.74. The standard InChI is InChI=1S/C27H20F2N4O3/c1-3-21-22(26(35)33(30-21)20-10-6-18(29)7-11-20)23-24(31-14-12-16(2)13-15-31)27(36)32(25(23)34)19-8-4-17(28)5-9-19/h4-15H,3H2,1-2H3. The van der Waals surface area contributed by atoms with Crippen molar-refractivity contribution in [3.8, 4) is 11.6 Å². The molecule has 0 unspecified atom stereocenters. The molecule has 0 saturated heterocycles. The number of halogens is 2. The van der Waals surface area contributed by atoms with E-state index in [0.29, 0.717) is 17.8 Å². The van der Waals surface area contributed by atoms with Gasteiger partial charge in [-0.2, -0.15) is 9.67 Å². The molecule has 2 amide bonds. The highest BCUT2D eigenvalue weighted by Crippen LogP contribution is 2.38. The number of hydrogen-bond donors (Lipinski definition) is 0. The Hall–Kier alpha value is -4.66. The van der Waals surface area contributed by atoms with Crippen molar-refractivity contribution < 1.29 is 28.0 Å². The van der Waals surface area contributed by atoms with E-state index < -0.39 is 29.3 Å². The summed E-state index contributed by atoms with van der Waals surface area (Å²) in [4.78, 5) is 28.4. The zero-order valence-corrected chi connectivity index (χ0v) is 19.4. The van der Waals surface area contributed by atoms with Crippen LogP contribution in [0.25, 0.3) is 17.0 Å². The van der Waals surface area contributed by atoms with Crippen LogP contribution in [0.15, 0.2) is 73.1 Å². The summed E-state index contributed by atoms with van der Waals surface area (Å²) >= 11 is 0. The quantitative estimate of drug-likeness (QED) is 0.320. The molecule has 0 fully saturated rings. The van der Waals surface area contributed by atoms with Gasteiger partial charge in [-0.1, -0.05) is 6.92 Å². The van der Waals surface area contributed by atoms with E-state index in [1.807, 2.05) is 6.92 Å². The first-order valence-electron chi connectivity index (χ1n) is 11.2. The van der Waals surface area contributed by atoms with E-state index in [4.69, 9.17) is 0 Å². The fourth-order valence-corrected chi connectivity index (χ4v) is 4.16. The monoisotopic (exact) mass is 486 g/mol. The van der Waals surface area contributed by atoms with Gasteiger partial charge in [-0.3, -0.25) is 9.59 Å². The third-order valence-corrected chi connectivity index (χ3v) is 5.97. The molecule has 9 heteroatoms. The van der Waals surface area contributed by atoms with Crippen molar-refractivity contribution in [3.05, 3.63) is 102 Å². The molecule has 36 heavy (non-hydrogen) atoms. The van der Waals surface area contributed by atoms with Gasteiger partial charge < -0.3 is 5.11 Å². The summed E-state index contributed by atoms with van der Waals surface area (Å²) in [7, 11) is 0. The Morgan fingerprint density at radius 3 is 1.97 bits per heavy atom. The second-order valence-electron chi connectivity index (χ2n) is 8.30. The van der Waals surface area contributed by atoms with Crippen LogP contribution in [0.5, 0.6) is 5.88 Å². The van der Waals surface area contributed by atoms with Crippen LogP contribution in [0.2, 0.25) is 0 Å². The number of aryl methyl sites for hydroxylation is 2. The van der Waals surface area contributed by atoms with Gasteiger partial charge in [0, 0.05) is 17.7 Å². The number of nitrogens with zero attached hydrogens (tertiary/aromatic N) is 4. The molecule has 7 nitrogen and oxygen atoms in total. The minimum Gasteiger partial charge on any atom is -0.858 e. The summed E-state index contributed by atoms with van der Waals surface area (Å²) in [6, 6.07) is 13.7. The van der Waals surface area contributed by atoms with Crippen LogP contribution in [0.1, 0.15) is 23.7 Å². The molecule has 1 aliphatic heterocycles. The van der Waals surface area contributed by atoms with Crippen molar-refractivity contribution in [2.75, 3.05) is 4.90 Å². The van der Waals surface area contributed by atoms with Gasteiger partial charge in [-0.25, -0.2) is 18.4 Å². The average Bonchev–Trinajstić information content (AvgIpc) is 3.33. The highest BCUT2D eigenvalue weighted by molar-refractivity contribution is 6.53. The molecule has 0 N–H and O–H groups in total. The molecule has 4 aromatic rings. The largest absolute Gasteiger partial charge is 0.858 e. The molecule has 1 aliphatic rings. The maximum Gasteiger partial charge on any atom is 0.331 e. The SMILES string of the molecule is CCc1nn(-c2ccc(F)cc2)c([O-])c1C1=C([n+]2ccc(C)cc2)C(=O)N(c2ccc(F)cc2)C1=O. The van der Waals surface area contributed by atoms with E-state index in [-0.39, 0.29) is 22.5 Å². The maximum absolute atomic E-state index is 13.8. The summed E-state index contributed by atoms with van der Waals surface area (Å²) in [5.41, 5.74) is 1.61. The lowest BCUT2D eigenvalue weighted by Gasteiger charge is -2.15. The predicted octanol–water partition coefficient (Wildman–Crippen LogP) is 3.32. The van der Waals surface area contributed by atoms with Crippen LogP contribution in [0.4, 0.5) is 14.5 Å². The first-order chi connectivity index (χ1) is 17.3. The van der Waals surface area contributed by atoms with E-state index in [2.05, 4.69) is 5.10 Å². The lowest BCUT2D eigenvalue weighted by Crippen LogP contribution is -2.39. The summed E-state index contributed by atoms with van der Waals surface area (Å²) in [6.07, 6.45) is 3.56. The van der Waals surface area contributed by atoms with E-state index in [1.165, 1.54) is 41.0 Å². The Morgan fingerprint density at radius 1 is 0.861 bits per heavy atom. The van der Waals surface area contributed by atoms with Crippen LogP contribution >= 0.6 is 0 Å². The van der Waals surface area contributed by atoms with E-state index in [0.717, 1.165) is 27.3 Å². The summed E-state index contributed by atoms with van der Waals surface area (Å²) in [6.45, 7) is 3.66. The number of carbonyl (C=O) groups excluding carboxylic acids is 2. The minimum atomic E-state index is -0.722. The molecule has 0 radical (unpaired) electrons. The van der Waals surface area contributed by atoms with Gasteiger partial charge in [0.25, 0.3) is 11.6 Å². The fourth-order valence-electron chi connectivity index (χ4n) is 4.16. The van der Waals surface area contributed by atoms with Gasteiger partial charge in [0.15, 0.2) is 12.4 Å². The number of carbonyl (C=O) groups is 2. The van der Waals surface area contributed by atoms with Crippen molar-refractivity contribution >= 4 is 28.8 Å². The van der Waals surface area contributed by atoms with Gasteiger partial charge >= 0.3 is 5.91 Å². The minimum absolute atomic E-state index is 0.00661. The van der Waals surface area contributed by atoms with Crippen molar-refractivity contribution in [1.82, 2.24) is 9.78 Å². The molecule has 2 aromatic carbocycles. The highest BCUT2D eigenvalue weighted by Gasteiger charge is 2.47. The summed E-state index contributed by atoms with van der Waals surface area (Å²) in [5.74, 6) is -2.98. The van der Waals surface area contributed by atoms with Gasteiger partial charge in [-0.05, 0) is 73.3 Å². The number of benzene rings is 2. The van der Waals surface area contributed by atoms with Gasteiger partial charge in [0.2, 0.25) is 0 Å². The molecule has 0 saturated carbocycles. The number of imide groups is 1. The zero-order chi connectivity index (χ0) is 25.6. The van der Waals surface area contributed by atoms with Crippen LogP contribution < -0.4 is 14.6 Å². The van der Waals surface area contributed by atoms with Crippen LogP contribution in [-0.4, -0.2) is 21.6 Å². The second-order valence-corrected chi connectivity index (χ2v) is 8.30. The number of hydrogen-bond acceptors (Lipinski definition) is 4. The number of amides is 2. The van der Waals surface area contributed by atoms with E-state index in [9.17, 15) is 23.5 Å². The smallest absolute Gasteiger partial charge is 0.331 e. The van der Waals surface area contributed by atoms with Gasteiger partial charge in [-0.15, -0.1) is 0 Å². The molecule has 0 atom stereocenters. The lowest BCUT2D eigenvalue weighted by molar-refractivity contribution is -0.576. The highest BCUT2D eigenvalue weighted by atomic mass is 19.1. The van der Waals surface area contributed by atoms with Crippen molar-refractivity contribution in [2.24, 2.45) is 0 Å². The second kappa shape index (κ2) is 8.84. The fraction of sp³-hybridized carbons (Fsp3) is 0.111. The molecule has 0 aliphatic carbocycles. The molecule has 180 valence electrons. The van der Waals surface area contributed by atoms with Gasteiger partial charge in [0.1, 0.15) is 17.2 Å². The summed E-state index contributed by atoms with van der Waals surface area (Å²) in [5, 5.41) is 18.0. The lowest BCUT2D eigenvalue weighted by atomic mass is 10.0. The molecule has 2 aromatic heterocycles. The third-order valence-electron chi connectivity index (χ3n) is 5.97. The number of rotatable bonds is 5. The Labute approximate surface area is 205 Å². The topological polar surface area (TPSA) is 82.1 Å². The molecular formula is C27H20F2N4O3. The first-order valence-corrected chi connectivity index (χ1v) is 11.2. The number of anilines is 1. The van der Waals surface area contributed by atoms with Crippen LogP contribution in [0, 0.1) is 18.6 Å². The molecule has 3 heterocycles. The van der Waals surface area contributed by atoms with E-state index in [1.54, 1.807) is 31.5 Å². The van der Waals surface area contributed by atoms with Gasteiger partial charge in [0.05, 0.1) is 17.1 Å². The van der Waals surface area contributed by atoms with Crippen molar-refractivity contribution in [2.45, 2.75) is 20.3 Å². The number of aromatic nitrogens is 3. The zero-order valence-electron chi connectivity index (χ0n) is 19.4. The molecular weight excluding hydrogens is 466 g/mol. The normalized spacial score (nSPS) is 13.7. The Bertz CT molecular complexity index is 1520. The Kier molecular flexibility index (Phi) is 5.68. The summed E-state index contributed by atoms with van der Waals surface area (Å²) < 4.78 is 29.6. The molecule has 5 rings (SSSR count). The van der Waals surface area contributed by atoms with Crippen LogP contribution in [0.3, 0.4) is 0 Å². The Balaban J connectivity index is 1.75. The maximum atomic E-state index is 13.8. The molecule has 0 spiro atoms. The van der Waals surface area contributed by atoms with Crippen molar-refractivity contribution in [1.29, 1.82) is 0 Å². The first kappa shape index (κ1) is 23.1. The van der Waals surface area contributed by atoms with E-state index >= 15 is 0 Å². The Morgan fingerprint density at radius 2 is 1.42 bits per heavy atom. The predicted molar refractivity (Wildman–Crippen MR) is 126 cm³/mol.